The summed E-state index contributed by atoms with van der Waals surface area (Å²) in [7, 11) is 0. The summed E-state index contributed by atoms with van der Waals surface area (Å²) in [5, 5.41) is 2.99. The standard InChI is InChI=1S/C13H15N3O.Sb/c1-7-11(8-5-6-8)12(16-13(14)17)9-3-2-4-10(9)15-7;/h8H,2-6H2,1H3,(H,15,16,17);. The van der Waals surface area contributed by atoms with Gasteiger partial charge in [-0.15, -0.1) is 0 Å². The molecule has 18 heavy (non-hydrogen) atoms. The van der Waals surface area contributed by atoms with Crippen LogP contribution in [-0.2, 0) is 12.8 Å². The Kier molecular flexibility index (Phi) is 3.23. The minimum absolute atomic E-state index is 0.231. The van der Waals surface area contributed by atoms with Crippen molar-refractivity contribution in [3.05, 3.63) is 22.5 Å². The van der Waals surface area contributed by atoms with E-state index in [1.54, 1.807) is 0 Å². The summed E-state index contributed by atoms with van der Waals surface area (Å²) in [5.41, 5.74) is 5.81. The summed E-state index contributed by atoms with van der Waals surface area (Å²) in [6.07, 6.45) is 5.65. The topological polar surface area (TPSA) is 54.4 Å². The Labute approximate surface area is 120 Å². The van der Waals surface area contributed by atoms with Gasteiger partial charge in [0, 0.05) is 0 Å². The minimum atomic E-state index is -0.231. The molecule has 3 rings (SSSR count). The number of rotatable bonds is 2. The van der Waals surface area contributed by atoms with E-state index in [-0.39, 0.29) is 6.03 Å². The molecular weight excluding hydrogens is 336 g/mol. The number of nitrogens with zero attached hydrogens (tertiary/aromatic N) is 2. The molecule has 0 spiro atoms. The van der Waals surface area contributed by atoms with Gasteiger partial charge in [0.15, 0.2) is 0 Å². The van der Waals surface area contributed by atoms with E-state index in [0.29, 0.717) is 5.92 Å². The Hall–Kier alpha value is -0.762. The van der Waals surface area contributed by atoms with E-state index < -0.39 is 0 Å². The zero-order valence-corrected chi connectivity index (χ0v) is 12.9. The van der Waals surface area contributed by atoms with Crippen molar-refractivity contribution in [1.29, 1.82) is 0 Å². The molecule has 2 aliphatic rings. The van der Waals surface area contributed by atoms with Crippen molar-refractivity contribution in [2.45, 2.75) is 44.9 Å². The second-order valence-corrected chi connectivity index (χ2v) is 5.64. The quantitative estimate of drug-likeness (QED) is 0.833. The van der Waals surface area contributed by atoms with Gasteiger partial charge in [0.2, 0.25) is 0 Å². The molecule has 1 fully saturated rings. The molecule has 1 aromatic rings. The Morgan fingerprint density at radius 3 is 2.89 bits per heavy atom. The molecule has 1 radical (unpaired) electrons. The van der Waals surface area contributed by atoms with Crippen molar-refractivity contribution in [3.8, 4) is 0 Å². The van der Waals surface area contributed by atoms with Crippen LogP contribution >= 0.6 is 0 Å². The van der Waals surface area contributed by atoms with Crippen LogP contribution in [0.2, 0.25) is 0 Å². The molecule has 1 N–H and O–H groups in total. The number of pyridine rings is 1. The number of aryl methyl sites for hydroxylation is 2. The molecule has 0 atom stereocenters. The fraction of sp³-hybridized carbons (Fsp3) is 0.538. The molecule has 1 saturated carbocycles. The van der Waals surface area contributed by atoms with Crippen LogP contribution < -0.4 is 5.32 Å². The van der Waals surface area contributed by atoms with Crippen molar-refractivity contribution < 1.29 is 4.79 Å². The van der Waals surface area contributed by atoms with E-state index in [9.17, 15) is 4.79 Å². The number of hydrogen-bond acceptors (Lipinski definition) is 2. The molecule has 2 aliphatic carbocycles. The van der Waals surface area contributed by atoms with Crippen molar-refractivity contribution in [1.82, 2.24) is 4.98 Å². The number of fused-ring (bicyclic) bond motifs is 1. The number of carbonyl (C=O) groups excluding carboxylic acids is 1. The molecule has 0 bridgehead atoms. The van der Waals surface area contributed by atoms with Crippen LogP contribution in [0.4, 0.5) is 10.5 Å². The van der Waals surface area contributed by atoms with Gasteiger partial charge in [-0.25, -0.2) is 0 Å². The Morgan fingerprint density at radius 2 is 2.22 bits per heavy atom. The summed E-state index contributed by atoms with van der Waals surface area (Å²) in [5.74, 6) is 0.597. The van der Waals surface area contributed by atoms with Crippen LogP contribution in [-0.4, -0.2) is 33.9 Å². The van der Waals surface area contributed by atoms with Gasteiger partial charge in [0.1, 0.15) is 0 Å². The molecule has 2 amide bonds. The van der Waals surface area contributed by atoms with E-state index in [2.05, 4.69) is 15.3 Å². The van der Waals surface area contributed by atoms with E-state index in [1.165, 1.54) is 52.5 Å². The third-order valence-electron chi connectivity index (χ3n) is 3.76. The Balaban J connectivity index is 2.12. The van der Waals surface area contributed by atoms with Gasteiger partial charge in [-0.1, -0.05) is 0 Å². The average molecular weight is 351 g/mol. The first-order valence-corrected chi connectivity index (χ1v) is 7.53. The number of nitrogens with one attached hydrogen (secondary N) is 1. The molecule has 4 nitrogen and oxygen atoms in total. The van der Waals surface area contributed by atoms with E-state index >= 15 is 0 Å². The van der Waals surface area contributed by atoms with E-state index in [1.807, 2.05) is 0 Å². The first kappa shape index (κ1) is 12.3. The van der Waals surface area contributed by atoms with Gasteiger partial charge in [0.25, 0.3) is 0 Å². The molecule has 1 heterocycles. The van der Waals surface area contributed by atoms with Crippen molar-refractivity contribution in [2.75, 3.05) is 5.32 Å². The van der Waals surface area contributed by atoms with Gasteiger partial charge in [-0.3, -0.25) is 0 Å². The number of hydrogen-bond donors (Lipinski definition) is 1. The third-order valence-corrected chi connectivity index (χ3v) is 4.28. The summed E-state index contributed by atoms with van der Waals surface area (Å²) >= 11 is 1.18. The molecule has 1 aromatic heterocycles. The molecule has 93 valence electrons. The summed E-state index contributed by atoms with van der Waals surface area (Å²) in [6.45, 7) is 2.06. The molecule has 0 aromatic carbocycles. The van der Waals surface area contributed by atoms with E-state index in [0.717, 1.165) is 30.6 Å². The summed E-state index contributed by atoms with van der Waals surface area (Å²) < 4.78 is 3.74. The summed E-state index contributed by atoms with van der Waals surface area (Å²) in [4.78, 5) is 16.3. The SMILES string of the molecule is Cc1nc2c(c(NC(=O)[N]=[Sb])c1C1CC1)CCC2. The fourth-order valence-electron chi connectivity index (χ4n) is 2.87. The fourth-order valence-corrected chi connectivity index (χ4v) is 3.02. The monoisotopic (exact) mass is 350 g/mol. The van der Waals surface area contributed by atoms with Crippen LogP contribution in [0.5, 0.6) is 0 Å². The van der Waals surface area contributed by atoms with Crippen LogP contribution in [0, 0.1) is 6.92 Å². The Morgan fingerprint density at radius 1 is 1.44 bits per heavy atom. The van der Waals surface area contributed by atoms with Crippen LogP contribution in [0.25, 0.3) is 0 Å². The second-order valence-electron chi connectivity index (χ2n) is 5.07. The number of carbonyl (C=O) groups is 1. The second kappa shape index (κ2) is 4.73. The molecule has 0 unspecified atom stereocenters. The normalized spacial score (nSPS) is 17.4. The summed E-state index contributed by atoms with van der Waals surface area (Å²) in [6, 6.07) is -0.231. The van der Waals surface area contributed by atoms with Gasteiger partial charge in [-0.05, 0) is 0 Å². The predicted octanol–water partition coefficient (Wildman–Crippen LogP) is 2.64. The van der Waals surface area contributed by atoms with Gasteiger partial charge >= 0.3 is 120 Å². The first-order chi connectivity index (χ1) is 8.70. The van der Waals surface area contributed by atoms with Crippen LogP contribution in [0.3, 0.4) is 0 Å². The number of anilines is 1. The maximum absolute atomic E-state index is 11.6. The molecular formula is C13H15N3OSb. The number of aromatic nitrogens is 1. The first-order valence-electron chi connectivity index (χ1n) is 6.39. The molecule has 0 saturated heterocycles. The number of amides is 2. The third kappa shape index (κ3) is 2.11. The van der Waals surface area contributed by atoms with E-state index in [4.69, 9.17) is 4.98 Å². The zero-order chi connectivity index (χ0) is 12.7. The van der Waals surface area contributed by atoms with Crippen molar-refractivity contribution in [2.24, 2.45) is 3.09 Å². The van der Waals surface area contributed by atoms with Gasteiger partial charge in [0.05, 0.1) is 0 Å². The molecule has 5 heteroatoms. The van der Waals surface area contributed by atoms with Crippen LogP contribution in [0.1, 0.15) is 47.7 Å². The maximum atomic E-state index is 11.6. The average Bonchev–Trinajstić information content (AvgIpc) is 3.07. The van der Waals surface area contributed by atoms with Gasteiger partial charge in [-0.2, -0.15) is 0 Å². The Bertz CT molecular complexity index is 538. The predicted molar refractivity (Wildman–Crippen MR) is 70.2 cm³/mol. The number of urea groups is 1. The van der Waals surface area contributed by atoms with Gasteiger partial charge < -0.3 is 0 Å². The van der Waals surface area contributed by atoms with Crippen LogP contribution in [0.15, 0.2) is 3.09 Å². The van der Waals surface area contributed by atoms with Crippen molar-refractivity contribution in [3.63, 3.8) is 0 Å². The zero-order valence-electron chi connectivity index (χ0n) is 10.4. The molecule has 0 aliphatic heterocycles. The van der Waals surface area contributed by atoms with Crippen molar-refractivity contribution >= 4 is 34.6 Å².